The Morgan fingerprint density at radius 3 is 1.91 bits per heavy atom. The number of hydrogen-bond acceptors (Lipinski definition) is 1. The van der Waals surface area contributed by atoms with Crippen molar-refractivity contribution in [3.05, 3.63) is 27.7 Å². The van der Waals surface area contributed by atoms with Crippen LogP contribution in [0.25, 0.3) is 0 Å². The lowest BCUT2D eigenvalue weighted by molar-refractivity contribution is -0.114. The van der Waals surface area contributed by atoms with Crippen LogP contribution in [0.2, 0.25) is 10.0 Å². The lowest BCUT2D eigenvalue weighted by atomic mass is 9.48. The summed E-state index contributed by atoms with van der Waals surface area (Å²) in [6.45, 7) is 1.47. The van der Waals surface area contributed by atoms with E-state index in [1.54, 1.807) is 0 Å². The molecule has 4 fully saturated rings. The van der Waals surface area contributed by atoms with Crippen molar-refractivity contribution in [1.82, 2.24) is 0 Å². The van der Waals surface area contributed by atoms with Gasteiger partial charge in [0.15, 0.2) is 0 Å². The van der Waals surface area contributed by atoms with Crippen LogP contribution in [0.4, 0.5) is 5.69 Å². The molecular weight excluding hydrogens is 317 g/mol. The van der Waals surface area contributed by atoms with E-state index >= 15 is 0 Å². The topological polar surface area (TPSA) is 29.1 Å². The van der Waals surface area contributed by atoms with Gasteiger partial charge in [-0.1, -0.05) is 23.2 Å². The van der Waals surface area contributed by atoms with Gasteiger partial charge in [0.25, 0.3) is 0 Å². The van der Waals surface area contributed by atoms with Crippen LogP contribution in [0.5, 0.6) is 0 Å². The average Bonchev–Trinajstić information content (AvgIpc) is 2.41. The van der Waals surface area contributed by atoms with E-state index in [2.05, 4.69) is 5.32 Å². The predicted octanol–water partition coefficient (Wildman–Crippen LogP) is 5.42. The van der Waals surface area contributed by atoms with E-state index in [1.807, 2.05) is 12.1 Å². The maximum atomic E-state index is 11.3. The highest BCUT2D eigenvalue weighted by Gasteiger charge is 2.51. The molecule has 1 aromatic carbocycles. The van der Waals surface area contributed by atoms with E-state index < -0.39 is 0 Å². The molecule has 22 heavy (non-hydrogen) atoms. The second kappa shape index (κ2) is 5.14. The molecule has 4 heteroatoms. The van der Waals surface area contributed by atoms with Crippen LogP contribution in [0.3, 0.4) is 0 Å². The first-order valence-electron chi connectivity index (χ1n) is 8.22. The number of benzene rings is 1. The highest BCUT2D eigenvalue weighted by molar-refractivity contribution is 6.39. The van der Waals surface area contributed by atoms with Crippen molar-refractivity contribution in [3.63, 3.8) is 0 Å². The van der Waals surface area contributed by atoms with Crippen LogP contribution < -0.4 is 5.32 Å². The molecule has 0 saturated heterocycles. The van der Waals surface area contributed by atoms with Crippen LogP contribution in [0.1, 0.15) is 51.0 Å². The lowest BCUT2D eigenvalue weighted by Crippen LogP contribution is -2.48. The fraction of sp³-hybridized carbons (Fsp3) is 0.611. The second-order valence-corrected chi connectivity index (χ2v) is 8.51. The van der Waals surface area contributed by atoms with Gasteiger partial charge in [0.1, 0.15) is 0 Å². The fourth-order valence-corrected chi connectivity index (χ4v) is 6.22. The Balaban J connectivity index is 1.72. The number of nitrogens with one attached hydrogen (secondary N) is 1. The van der Waals surface area contributed by atoms with Crippen LogP contribution in [-0.2, 0) is 10.2 Å². The van der Waals surface area contributed by atoms with E-state index in [0.29, 0.717) is 15.7 Å². The van der Waals surface area contributed by atoms with E-state index in [0.717, 1.165) is 17.8 Å². The molecule has 0 aromatic heterocycles. The number of hydrogen-bond donors (Lipinski definition) is 1. The van der Waals surface area contributed by atoms with Crippen LogP contribution in [-0.4, -0.2) is 5.91 Å². The van der Waals surface area contributed by atoms with Gasteiger partial charge in [0, 0.05) is 6.92 Å². The summed E-state index contributed by atoms with van der Waals surface area (Å²) in [7, 11) is 0. The molecule has 0 aliphatic heterocycles. The maximum absolute atomic E-state index is 11.3. The van der Waals surface area contributed by atoms with Gasteiger partial charge in [-0.3, -0.25) is 4.79 Å². The van der Waals surface area contributed by atoms with Gasteiger partial charge in [-0.15, -0.1) is 0 Å². The van der Waals surface area contributed by atoms with Crippen molar-refractivity contribution >= 4 is 34.8 Å². The summed E-state index contributed by atoms with van der Waals surface area (Å²) in [5.41, 5.74) is 2.11. The van der Waals surface area contributed by atoms with Gasteiger partial charge in [-0.05, 0) is 79.4 Å². The highest BCUT2D eigenvalue weighted by atomic mass is 35.5. The Kier molecular flexibility index (Phi) is 3.47. The molecule has 5 rings (SSSR count). The summed E-state index contributed by atoms with van der Waals surface area (Å²) in [4.78, 5) is 11.3. The number of anilines is 1. The molecule has 1 aromatic rings. The van der Waals surface area contributed by atoms with Crippen molar-refractivity contribution in [2.24, 2.45) is 17.8 Å². The fourth-order valence-electron chi connectivity index (χ4n) is 5.64. The summed E-state index contributed by atoms with van der Waals surface area (Å²) in [6.07, 6.45) is 8.11. The van der Waals surface area contributed by atoms with Gasteiger partial charge in [0.2, 0.25) is 5.91 Å². The van der Waals surface area contributed by atoms with E-state index in [9.17, 15) is 4.79 Å². The Hall–Kier alpha value is -0.730. The number of carbonyl (C=O) groups excluding carboxylic acids is 1. The van der Waals surface area contributed by atoms with Gasteiger partial charge in [0.05, 0.1) is 15.7 Å². The minimum Gasteiger partial charge on any atom is -0.324 e. The molecule has 0 atom stereocenters. The molecule has 4 aliphatic rings. The molecule has 4 saturated carbocycles. The Bertz CT molecular complexity index is 582. The molecule has 1 amide bonds. The van der Waals surface area contributed by atoms with Crippen LogP contribution in [0, 0.1) is 17.8 Å². The number of carbonyl (C=O) groups is 1. The predicted molar refractivity (Wildman–Crippen MR) is 90.6 cm³/mol. The third-order valence-corrected chi connectivity index (χ3v) is 6.59. The molecule has 2 nitrogen and oxygen atoms in total. The molecule has 4 aliphatic carbocycles. The van der Waals surface area contributed by atoms with E-state index in [1.165, 1.54) is 51.0 Å². The first-order chi connectivity index (χ1) is 10.4. The first-order valence-corrected chi connectivity index (χ1v) is 8.98. The van der Waals surface area contributed by atoms with Crippen molar-refractivity contribution in [1.29, 1.82) is 0 Å². The minimum absolute atomic E-state index is 0.147. The molecule has 0 radical (unpaired) electrons. The number of amides is 1. The Morgan fingerprint density at radius 2 is 1.50 bits per heavy atom. The van der Waals surface area contributed by atoms with E-state index in [-0.39, 0.29) is 11.3 Å². The summed E-state index contributed by atoms with van der Waals surface area (Å²) >= 11 is 12.8. The number of rotatable bonds is 2. The monoisotopic (exact) mass is 337 g/mol. The van der Waals surface area contributed by atoms with Crippen molar-refractivity contribution < 1.29 is 4.79 Å². The smallest absolute Gasteiger partial charge is 0.221 e. The molecule has 0 unspecified atom stereocenters. The number of halogens is 2. The summed E-state index contributed by atoms with van der Waals surface area (Å²) in [6, 6.07) is 4.09. The van der Waals surface area contributed by atoms with Crippen molar-refractivity contribution in [2.45, 2.75) is 50.9 Å². The standard InChI is InChI=1S/C18H21Cl2NO/c1-10(22)21-17-15(19)5-14(6-16(17)20)18-7-11-2-12(8-18)4-13(3-11)9-18/h5-6,11-13H,2-4,7-9H2,1H3,(H,21,22). The van der Waals surface area contributed by atoms with Gasteiger partial charge in [-0.25, -0.2) is 0 Å². The highest BCUT2D eigenvalue weighted by Crippen LogP contribution is 2.61. The first kappa shape index (κ1) is 14.8. The van der Waals surface area contributed by atoms with Crippen LogP contribution >= 0.6 is 23.2 Å². The lowest BCUT2D eigenvalue weighted by Gasteiger charge is -2.57. The summed E-state index contributed by atoms with van der Waals surface area (Å²) in [5, 5.41) is 3.87. The zero-order chi connectivity index (χ0) is 15.5. The van der Waals surface area contributed by atoms with Crippen molar-refractivity contribution in [3.8, 4) is 0 Å². The molecular formula is C18H21Cl2NO. The zero-order valence-electron chi connectivity index (χ0n) is 12.8. The maximum Gasteiger partial charge on any atom is 0.221 e. The quantitative estimate of drug-likeness (QED) is 0.766. The minimum atomic E-state index is -0.147. The van der Waals surface area contributed by atoms with Gasteiger partial charge < -0.3 is 5.32 Å². The molecule has 1 N–H and O–H groups in total. The SMILES string of the molecule is CC(=O)Nc1c(Cl)cc(C23CC4CC(CC(C4)C2)C3)cc1Cl. The van der Waals surface area contributed by atoms with Crippen molar-refractivity contribution in [2.75, 3.05) is 5.32 Å². The molecule has 4 bridgehead atoms. The third kappa shape index (κ3) is 2.35. The third-order valence-electron chi connectivity index (χ3n) is 5.99. The average molecular weight is 338 g/mol. The van der Waals surface area contributed by atoms with Gasteiger partial charge in [-0.2, -0.15) is 0 Å². The molecule has 0 heterocycles. The normalized spacial score (nSPS) is 35.7. The Morgan fingerprint density at radius 1 is 1.05 bits per heavy atom. The zero-order valence-corrected chi connectivity index (χ0v) is 14.3. The second-order valence-electron chi connectivity index (χ2n) is 7.69. The van der Waals surface area contributed by atoms with Crippen LogP contribution in [0.15, 0.2) is 12.1 Å². The molecule has 118 valence electrons. The molecule has 0 spiro atoms. The Labute approximate surface area is 141 Å². The van der Waals surface area contributed by atoms with Gasteiger partial charge >= 0.3 is 0 Å². The summed E-state index contributed by atoms with van der Waals surface area (Å²) in [5.74, 6) is 2.52. The van der Waals surface area contributed by atoms with E-state index in [4.69, 9.17) is 23.2 Å². The summed E-state index contributed by atoms with van der Waals surface area (Å²) < 4.78 is 0. The largest absolute Gasteiger partial charge is 0.324 e.